The van der Waals surface area contributed by atoms with Crippen LogP contribution in [0.2, 0.25) is 0 Å². The molecule has 0 aliphatic carbocycles. The van der Waals surface area contributed by atoms with Crippen LogP contribution in [-0.2, 0) is 4.79 Å². The maximum Gasteiger partial charge on any atom is 0.234 e. The van der Waals surface area contributed by atoms with E-state index in [-0.39, 0.29) is 11.4 Å². The first-order valence-electron chi connectivity index (χ1n) is 7.65. The molecule has 1 unspecified atom stereocenters. The SMILES string of the molecule is CCCN(CC(=O)NC(C)(C)C)CC1CCCNC1. The summed E-state index contributed by atoms with van der Waals surface area (Å²) < 4.78 is 0. The fraction of sp³-hybridized carbons (Fsp3) is 0.933. The number of carbonyl (C=O) groups excluding carboxylic acids is 1. The minimum Gasteiger partial charge on any atom is -0.350 e. The van der Waals surface area contributed by atoms with E-state index in [0.29, 0.717) is 12.5 Å². The number of nitrogens with one attached hydrogen (secondary N) is 2. The van der Waals surface area contributed by atoms with Gasteiger partial charge >= 0.3 is 0 Å². The zero-order valence-electron chi connectivity index (χ0n) is 13.1. The van der Waals surface area contributed by atoms with Gasteiger partial charge < -0.3 is 10.6 Å². The van der Waals surface area contributed by atoms with Crippen LogP contribution in [0.5, 0.6) is 0 Å². The molecule has 1 fully saturated rings. The predicted octanol–water partition coefficient (Wildman–Crippen LogP) is 1.61. The maximum absolute atomic E-state index is 12.0. The van der Waals surface area contributed by atoms with Crippen LogP contribution in [0, 0.1) is 5.92 Å². The van der Waals surface area contributed by atoms with Gasteiger partial charge in [0.1, 0.15) is 0 Å². The molecule has 0 spiro atoms. The topological polar surface area (TPSA) is 44.4 Å². The van der Waals surface area contributed by atoms with E-state index < -0.39 is 0 Å². The van der Waals surface area contributed by atoms with Crippen LogP contribution < -0.4 is 10.6 Å². The summed E-state index contributed by atoms with van der Waals surface area (Å²) in [7, 11) is 0. The van der Waals surface area contributed by atoms with Crippen molar-refractivity contribution in [3.63, 3.8) is 0 Å². The Labute approximate surface area is 118 Å². The van der Waals surface area contributed by atoms with Crippen molar-refractivity contribution in [2.24, 2.45) is 5.92 Å². The second kappa shape index (κ2) is 7.85. The molecule has 1 heterocycles. The van der Waals surface area contributed by atoms with Crippen molar-refractivity contribution in [3.8, 4) is 0 Å². The van der Waals surface area contributed by atoms with E-state index in [9.17, 15) is 4.79 Å². The Kier molecular flexibility index (Phi) is 6.80. The average Bonchev–Trinajstić information content (AvgIpc) is 2.27. The van der Waals surface area contributed by atoms with Crippen LogP contribution in [0.1, 0.15) is 47.0 Å². The molecule has 0 aromatic heterocycles. The molecule has 0 saturated carbocycles. The standard InChI is InChI=1S/C15H31N3O/c1-5-9-18(11-13-7-6-8-16-10-13)12-14(19)17-15(2,3)4/h13,16H,5-12H2,1-4H3,(H,17,19). The monoisotopic (exact) mass is 269 g/mol. The Bertz CT molecular complexity index is 267. The molecule has 0 aromatic rings. The first-order chi connectivity index (χ1) is 8.90. The van der Waals surface area contributed by atoms with Gasteiger partial charge in [-0.05, 0) is 65.6 Å². The number of nitrogens with zero attached hydrogens (tertiary/aromatic N) is 1. The number of carbonyl (C=O) groups is 1. The molecule has 1 amide bonds. The molecule has 0 bridgehead atoms. The van der Waals surface area contributed by atoms with Crippen molar-refractivity contribution in [2.45, 2.75) is 52.5 Å². The molecule has 1 aliphatic heterocycles. The van der Waals surface area contributed by atoms with Crippen molar-refractivity contribution >= 4 is 5.91 Å². The third kappa shape index (κ3) is 7.53. The van der Waals surface area contributed by atoms with Crippen molar-refractivity contribution in [1.82, 2.24) is 15.5 Å². The van der Waals surface area contributed by atoms with Gasteiger partial charge in [-0.2, -0.15) is 0 Å². The van der Waals surface area contributed by atoms with E-state index in [4.69, 9.17) is 0 Å². The molecule has 4 heteroatoms. The summed E-state index contributed by atoms with van der Waals surface area (Å²) in [5, 5.41) is 6.50. The Morgan fingerprint density at radius 1 is 1.42 bits per heavy atom. The number of hydrogen-bond donors (Lipinski definition) is 2. The minimum atomic E-state index is -0.138. The molecule has 1 aliphatic rings. The van der Waals surface area contributed by atoms with Crippen molar-refractivity contribution in [3.05, 3.63) is 0 Å². The predicted molar refractivity (Wildman–Crippen MR) is 80.2 cm³/mol. The van der Waals surface area contributed by atoms with Crippen LogP contribution in [0.15, 0.2) is 0 Å². The largest absolute Gasteiger partial charge is 0.350 e. The minimum absolute atomic E-state index is 0.138. The number of rotatable bonds is 6. The lowest BCUT2D eigenvalue weighted by molar-refractivity contribution is -0.123. The van der Waals surface area contributed by atoms with E-state index >= 15 is 0 Å². The molecular formula is C15H31N3O. The molecule has 1 rings (SSSR count). The number of hydrogen-bond acceptors (Lipinski definition) is 3. The summed E-state index contributed by atoms with van der Waals surface area (Å²) in [5.41, 5.74) is -0.138. The summed E-state index contributed by atoms with van der Waals surface area (Å²) in [6, 6.07) is 0. The van der Waals surface area contributed by atoms with Gasteiger partial charge in [0.05, 0.1) is 6.54 Å². The van der Waals surface area contributed by atoms with E-state index in [1.807, 2.05) is 20.8 Å². The lowest BCUT2D eigenvalue weighted by Crippen LogP contribution is -2.47. The van der Waals surface area contributed by atoms with Gasteiger partial charge in [0, 0.05) is 12.1 Å². The highest BCUT2D eigenvalue weighted by Crippen LogP contribution is 2.12. The third-order valence-electron chi connectivity index (χ3n) is 3.34. The summed E-state index contributed by atoms with van der Waals surface area (Å²) in [6.07, 6.45) is 3.65. The fourth-order valence-electron chi connectivity index (χ4n) is 2.66. The average molecular weight is 269 g/mol. The Balaban J connectivity index is 2.40. The first-order valence-corrected chi connectivity index (χ1v) is 7.65. The molecule has 1 saturated heterocycles. The second-order valence-corrected chi connectivity index (χ2v) is 6.75. The fourth-order valence-corrected chi connectivity index (χ4v) is 2.66. The highest BCUT2D eigenvalue weighted by molar-refractivity contribution is 5.78. The molecule has 0 aromatic carbocycles. The van der Waals surface area contributed by atoms with Gasteiger partial charge in [0.25, 0.3) is 0 Å². The van der Waals surface area contributed by atoms with Gasteiger partial charge in [0.15, 0.2) is 0 Å². The maximum atomic E-state index is 12.0. The van der Waals surface area contributed by atoms with Gasteiger partial charge in [-0.3, -0.25) is 9.69 Å². The Morgan fingerprint density at radius 3 is 2.68 bits per heavy atom. The lowest BCUT2D eigenvalue weighted by Gasteiger charge is -2.30. The summed E-state index contributed by atoms with van der Waals surface area (Å²) in [4.78, 5) is 14.3. The van der Waals surface area contributed by atoms with E-state index in [1.165, 1.54) is 12.8 Å². The van der Waals surface area contributed by atoms with Gasteiger partial charge in [0.2, 0.25) is 5.91 Å². The zero-order chi connectivity index (χ0) is 14.3. The molecule has 1 atom stereocenters. The zero-order valence-corrected chi connectivity index (χ0v) is 13.1. The molecule has 19 heavy (non-hydrogen) atoms. The molecule has 0 radical (unpaired) electrons. The second-order valence-electron chi connectivity index (χ2n) is 6.75. The van der Waals surface area contributed by atoms with E-state index in [0.717, 1.165) is 32.6 Å². The smallest absolute Gasteiger partial charge is 0.234 e. The summed E-state index contributed by atoms with van der Waals surface area (Å²) in [5.74, 6) is 0.840. The van der Waals surface area contributed by atoms with Gasteiger partial charge in [-0.15, -0.1) is 0 Å². The molecular weight excluding hydrogens is 238 g/mol. The number of piperidine rings is 1. The first kappa shape index (κ1) is 16.4. The van der Waals surface area contributed by atoms with E-state index in [2.05, 4.69) is 22.5 Å². The highest BCUT2D eigenvalue weighted by atomic mass is 16.2. The summed E-state index contributed by atoms with van der Waals surface area (Å²) in [6.45, 7) is 13.1. The Hall–Kier alpha value is -0.610. The number of amides is 1. The van der Waals surface area contributed by atoms with Crippen LogP contribution in [0.4, 0.5) is 0 Å². The van der Waals surface area contributed by atoms with E-state index in [1.54, 1.807) is 0 Å². The van der Waals surface area contributed by atoms with Crippen molar-refractivity contribution < 1.29 is 4.79 Å². The van der Waals surface area contributed by atoms with Crippen molar-refractivity contribution in [2.75, 3.05) is 32.7 Å². The summed E-state index contributed by atoms with van der Waals surface area (Å²) >= 11 is 0. The third-order valence-corrected chi connectivity index (χ3v) is 3.34. The molecule has 112 valence electrons. The lowest BCUT2D eigenvalue weighted by atomic mass is 9.99. The van der Waals surface area contributed by atoms with Crippen LogP contribution in [0.25, 0.3) is 0 Å². The Morgan fingerprint density at radius 2 is 2.16 bits per heavy atom. The van der Waals surface area contributed by atoms with Gasteiger partial charge in [-0.25, -0.2) is 0 Å². The van der Waals surface area contributed by atoms with Crippen LogP contribution >= 0.6 is 0 Å². The van der Waals surface area contributed by atoms with Crippen LogP contribution in [-0.4, -0.2) is 49.1 Å². The quantitative estimate of drug-likeness (QED) is 0.770. The highest BCUT2D eigenvalue weighted by Gasteiger charge is 2.20. The van der Waals surface area contributed by atoms with Crippen molar-refractivity contribution in [1.29, 1.82) is 0 Å². The molecule has 4 nitrogen and oxygen atoms in total. The van der Waals surface area contributed by atoms with Crippen LogP contribution in [0.3, 0.4) is 0 Å². The van der Waals surface area contributed by atoms with Gasteiger partial charge in [-0.1, -0.05) is 6.92 Å². The normalized spacial score (nSPS) is 20.6. The molecule has 2 N–H and O–H groups in total.